The lowest BCUT2D eigenvalue weighted by Crippen LogP contribution is -2.13. The predicted octanol–water partition coefficient (Wildman–Crippen LogP) is 3.20. The minimum Gasteiger partial charge on any atom is -0.497 e. The van der Waals surface area contributed by atoms with Gasteiger partial charge in [-0.25, -0.2) is 4.98 Å². The minimum absolute atomic E-state index is 0.127. The number of pyridine rings is 1. The second-order valence-electron chi connectivity index (χ2n) is 5.05. The molecule has 1 atom stereocenters. The molecule has 2 N–H and O–H groups in total. The number of nitrogens with zero attached hydrogens (tertiary/aromatic N) is 1. The van der Waals surface area contributed by atoms with Crippen LogP contribution in [0.4, 0.5) is 5.69 Å². The van der Waals surface area contributed by atoms with Gasteiger partial charge in [0.15, 0.2) is 5.15 Å². The first-order chi connectivity index (χ1) is 11.5. The maximum Gasteiger partial charge on any atom is 0.224 e. The molecule has 0 bridgehead atoms. The Kier molecular flexibility index (Phi) is 6.40. The van der Waals surface area contributed by atoms with Gasteiger partial charge >= 0.3 is 0 Å². The maximum absolute atomic E-state index is 12.0. The van der Waals surface area contributed by atoms with E-state index in [1.807, 2.05) is 0 Å². The average molecular weight is 351 g/mol. The number of carbonyl (C=O) groups excluding carboxylic acids is 1. The lowest BCUT2D eigenvalue weighted by molar-refractivity contribution is -0.116. The molecule has 2 rings (SSSR count). The van der Waals surface area contributed by atoms with Crippen LogP contribution in [0.2, 0.25) is 5.15 Å². The Hall–Kier alpha value is -2.31. The van der Waals surface area contributed by atoms with Gasteiger partial charge in [0.05, 0.1) is 26.0 Å². The average Bonchev–Trinajstić information content (AvgIpc) is 2.61. The van der Waals surface area contributed by atoms with Gasteiger partial charge in [0, 0.05) is 24.2 Å². The number of aliphatic hydroxyl groups is 1. The van der Waals surface area contributed by atoms with Crippen molar-refractivity contribution >= 4 is 23.2 Å². The van der Waals surface area contributed by atoms with E-state index >= 15 is 0 Å². The van der Waals surface area contributed by atoms with Crippen LogP contribution in [-0.2, 0) is 4.79 Å². The van der Waals surface area contributed by atoms with Gasteiger partial charge in [-0.1, -0.05) is 11.6 Å². The monoisotopic (exact) mass is 350 g/mol. The van der Waals surface area contributed by atoms with Gasteiger partial charge in [-0.2, -0.15) is 0 Å². The summed E-state index contributed by atoms with van der Waals surface area (Å²) in [5.74, 6) is 0.890. The van der Waals surface area contributed by atoms with Gasteiger partial charge in [0.1, 0.15) is 11.5 Å². The Morgan fingerprint density at radius 2 is 2.12 bits per heavy atom. The van der Waals surface area contributed by atoms with Crippen LogP contribution < -0.4 is 14.8 Å². The molecule has 0 spiro atoms. The summed E-state index contributed by atoms with van der Waals surface area (Å²) >= 11 is 5.89. The highest BCUT2D eigenvalue weighted by molar-refractivity contribution is 6.32. The molecule has 1 heterocycles. The Morgan fingerprint density at radius 1 is 1.33 bits per heavy atom. The fraction of sp³-hybridized carbons (Fsp3) is 0.294. The van der Waals surface area contributed by atoms with Gasteiger partial charge in [0.2, 0.25) is 5.91 Å². The van der Waals surface area contributed by atoms with Crippen LogP contribution in [0.1, 0.15) is 24.5 Å². The molecule has 0 aliphatic carbocycles. The van der Waals surface area contributed by atoms with Gasteiger partial charge in [-0.15, -0.1) is 0 Å². The summed E-state index contributed by atoms with van der Waals surface area (Å²) < 4.78 is 10.4. The highest BCUT2D eigenvalue weighted by Gasteiger charge is 2.16. The summed E-state index contributed by atoms with van der Waals surface area (Å²) in [6.07, 6.45) is 1.08. The molecular weight excluding hydrogens is 332 g/mol. The summed E-state index contributed by atoms with van der Waals surface area (Å²) in [7, 11) is 3.07. The van der Waals surface area contributed by atoms with E-state index in [1.54, 1.807) is 37.4 Å². The topological polar surface area (TPSA) is 80.7 Å². The lowest BCUT2D eigenvalue weighted by atomic mass is 10.0. The first kappa shape index (κ1) is 18.0. The number of ether oxygens (including phenoxy) is 2. The molecule has 2 aromatic rings. The Labute approximate surface area is 145 Å². The number of halogens is 1. The van der Waals surface area contributed by atoms with Crippen molar-refractivity contribution in [2.24, 2.45) is 0 Å². The van der Waals surface area contributed by atoms with Crippen molar-refractivity contribution in [3.05, 3.63) is 47.2 Å². The fourth-order valence-electron chi connectivity index (χ4n) is 2.21. The molecule has 1 aromatic heterocycles. The van der Waals surface area contributed by atoms with Crippen molar-refractivity contribution in [2.45, 2.75) is 18.9 Å². The molecule has 24 heavy (non-hydrogen) atoms. The van der Waals surface area contributed by atoms with Crippen LogP contribution in [0.3, 0.4) is 0 Å². The SMILES string of the molecule is COc1ccc(C(O)CCC(=O)Nc2cccnc2Cl)c(OC)c1. The largest absolute Gasteiger partial charge is 0.497 e. The molecule has 1 unspecified atom stereocenters. The smallest absolute Gasteiger partial charge is 0.224 e. The van der Waals surface area contributed by atoms with Gasteiger partial charge in [-0.05, 0) is 30.7 Å². The van der Waals surface area contributed by atoms with Crippen molar-refractivity contribution < 1.29 is 19.4 Å². The molecule has 1 aromatic carbocycles. The molecule has 0 radical (unpaired) electrons. The number of benzene rings is 1. The minimum atomic E-state index is -0.832. The normalized spacial score (nSPS) is 11.7. The first-order valence-corrected chi connectivity index (χ1v) is 7.73. The molecule has 128 valence electrons. The predicted molar refractivity (Wildman–Crippen MR) is 91.6 cm³/mol. The number of anilines is 1. The van der Waals surface area contributed by atoms with E-state index in [2.05, 4.69) is 10.3 Å². The zero-order chi connectivity index (χ0) is 17.5. The summed E-state index contributed by atoms with van der Waals surface area (Å²) in [5, 5.41) is 13.2. The number of methoxy groups -OCH3 is 2. The zero-order valence-corrected chi connectivity index (χ0v) is 14.2. The molecule has 1 amide bonds. The van der Waals surface area contributed by atoms with E-state index in [9.17, 15) is 9.90 Å². The van der Waals surface area contributed by atoms with Crippen LogP contribution in [-0.4, -0.2) is 30.2 Å². The van der Waals surface area contributed by atoms with E-state index < -0.39 is 6.10 Å². The molecule has 7 heteroatoms. The number of carbonyl (C=O) groups is 1. The van der Waals surface area contributed by atoms with Crippen LogP contribution in [0.25, 0.3) is 0 Å². The first-order valence-electron chi connectivity index (χ1n) is 7.35. The van der Waals surface area contributed by atoms with E-state index in [4.69, 9.17) is 21.1 Å². The van der Waals surface area contributed by atoms with Crippen LogP contribution in [0.5, 0.6) is 11.5 Å². The third-order valence-corrected chi connectivity index (χ3v) is 3.78. The van der Waals surface area contributed by atoms with Gasteiger partial charge < -0.3 is 19.9 Å². The Morgan fingerprint density at radius 3 is 2.79 bits per heavy atom. The zero-order valence-electron chi connectivity index (χ0n) is 13.5. The summed E-state index contributed by atoms with van der Waals surface area (Å²) in [5.41, 5.74) is 1.05. The second kappa shape index (κ2) is 8.52. The highest BCUT2D eigenvalue weighted by atomic mass is 35.5. The number of hydrogen-bond acceptors (Lipinski definition) is 5. The summed E-state index contributed by atoms with van der Waals surface area (Å²) in [6, 6.07) is 8.48. The van der Waals surface area contributed by atoms with Crippen LogP contribution in [0.15, 0.2) is 36.5 Å². The van der Waals surface area contributed by atoms with Crippen molar-refractivity contribution in [3.63, 3.8) is 0 Å². The molecular formula is C17H19ClN2O4. The second-order valence-corrected chi connectivity index (χ2v) is 5.41. The van der Waals surface area contributed by atoms with Crippen LogP contribution in [0, 0.1) is 0 Å². The number of hydrogen-bond donors (Lipinski definition) is 2. The van der Waals surface area contributed by atoms with Crippen LogP contribution >= 0.6 is 11.6 Å². The van der Waals surface area contributed by atoms with E-state index in [0.717, 1.165) is 0 Å². The highest BCUT2D eigenvalue weighted by Crippen LogP contribution is 2.31. The number of rotatable bonds is 7. The third-order valence-electron chi connectivity index (χ3n) is 3.48. The lowest BCUT2D eigenvalue weighted by Gasteiger charge is -2.15. The number of amides is 1. The molecule has 0 saturated carbocycles. The maximum atomic E-state index is 12.0. The molecule has 0 aliphatic heterocycles. The van der Waals surface area contributed by atoms with Gasteiger partial charge in [0.25, 0.3) is 0 Å². The fourth-order valence-corrected chi connectivity index (χ4v) is 2.38. The molecule has 0 saturated heterocycles. The quantitative estimate of drug-likeness (QED) is 0.749. The molecule has 0 fully saturated rings. The standard InChI is InChI=1S/C17H19ClN2O4/c1-23-11-5-6-12(15(10-11)24-2)14(21)7-8-16(22)20-13-4-3-9-19-17(13)18/h3-6,9-10,14,21H,7-8H2,1-2H3,(H,20,22). The summed E-state index contributed by atoms with van der Waals surface area (Å²) in [4.78, 5) is 15.9. The van der Waals surface area contributed by atoms with Crippen molar-refractivity contribution in [1.29, 1.82) is 0 Å². The molecule has 0 aliphatic rings. The molecule has 6 nitrogen and oxygen atoms in total. The number of aliphatic hydroxyl groups excluding tert-OH is 1. The van der Waals surface area contributed by atoms with Gasteiger partial charge in [-0.3, -0.25) is 4.79 Å². The Bertz CT molecular complexity index is 709. The van der Waals surface area contributed by atoms with Crippen molar-refractivity contribution in [3.8, 4) is 11.5 Å². The van der Waals surface area contributed by atoms with Crippen molar-refractivity contribution in [2.75, 3.05) is 19.5 Å². The summed E-state index contributed by atoms with van der Waals surface area (Å²) in [6.45, 7) is 0. The van der Waals surface area contributed by atoms with E-state index in [0.29, 0.717) is 22.7 Å². The number of aromatic nitrogens is 1. The third kappa shape index (κ3) is 4.59. The van der Waals surface area contributed by atoms with E-state index in [1.165, 1.54) is 13.3 Å². The van der Waals surface area contributed by atoms with E-state index in [-0.39, 0.29) is 23.9 Å². The Balaban J connectivity index is 1.96. The van der Waals surface area contributed by atoms with Crippen molar-refractivity contribution in [1.82, 2.24) is 4.98 Å². The number of nitrogens with one attached hydrogen (secondary N) is 1.